The highest BCUT2D eigenvalue weighted by Gasteiger charge is 2.37. The first-order valence-corrected chi connectivity index (χ1v) is 5.44. The van der Waals surface area contributed by atoms with E-state index in [-0.39, 0.29) is 11.2 Å². The molecule has 5 heteroatoms. The van der Waals surface area contributed by atoms with Crippen molar-refractivity contribution < 1.29 is 9.39 Å². The highest BCUT2D eigenvalue weighted by atomic mass is 16.5. The molecule has 0 N–H and O–H groups in total. The van der Waals surface area contributed by atoms with Crippen LogP contribution in [0.4, 0.5) is 0 Å². The van der Waals surface area contributed by atoms with Gasteiger partial charge in [-0.1, -0.05) is 0 Å². The molecule has 0 atom stereocenters. The van der Waals surface area contributed by atoms with Crippen molar-refractivity contribution >= 4 is 13.1 Å². The Bertz CT molecular complexity index is 348. The SMILES string of the molecule is COC(C)(C)C(C)(C)OBc1cncn1C. The average Bonchev–Trinajstić information content (AvgIpc) is 2.61. The Balaban J connectivity index is 2.64. The van der Waals surface area contributed by atoms with Crippen molar-refractivity contribution in [1.82, 2.24) is 9.55 Å². The molecule has 1 heterocycles. The molecule has 0 saturated heterocycles. The molecule has 0 fully saturated rings. The maximum absolute atomic E-state index is 5.92. The Morgan fingerprint density at radius 1 is 1.25 bits per heavy atom. The fourth-order valence-electron chi connectivity index (χ4n) is 1.20. The fraction of sp³-hybridized carbons (Fsp3) is 0.727. The third-order valence-electron chi connectivity index (χ3n) is 3.46. The standard InChI is InChI=1S/C11H21BN2O2/c1-10(2,15-6)11(3,4)16-12-9-7-13-8-14(9)5/h7-8,12H,1-6H3. The molecule has 1 aromatic rings. The van der Waals surface area contributed by atoms with Gasteiger partial charge in [0.2, 0.25) is 0 Å². The largest absolute Gasteiger partial charge is 0.425 e. The number of aromatic nitrogens is 2. The molecule has 0 radical (unpaired) electrons. The van der Waals surface area contributed by atoms with Gasteiger partial charge in [0.15, 0.2) is 0 Å². The van der Waals surface area contributed by atoms with Crippen molar-refractivity contribution in [3.63, 3.8) is 0 Å². The van der Waals surface area contributed by atoms with Crippen LogP contribution in [0.3, 0.4) is 0 Å². The van der Waals surface area contributed by atoms with Crippen molar-refractivity contribution in [2.45, 2.75) is 38.9 Å². The third kappa shape index (κ3) is 2.65. The van der Waals surface area contributed by atoms with Crippen molar-refractivity contribution in [3.05, 3.63) is 12.5 Å². The smallest absolute Gasteiger partial charge is 0.328 e. The van der Waals surface area contributed by atoms with E-state index >= 15 is 0 Å². The maximum atomic E-state index is 5.92. The Kier molecular flexibility index (Phi) is 3.81. The number of rotatable bonds is 5. The van der Waals surface area contributed by atoms with E-state index in [0.717, 1.165) is 5.59 Å². The number of nitrogens with zero attached hydrogens (tertiary/aromatic N) is 2. The fourth-order valence-corrected chi connectivity index (χ4v) is 1.20. The van der Waals surface area contributed by atoms with Crippen LogP contribution in [0.5, 0.6) is 0 Å². The van der Waals surface area contributed by atoms with E-state index in [1.54, 1.807) is 13.4 Å². The first kappa shape index (κ1) is 13.3. The summed E-state index contributed by atoms with van der Waals surface area (Å²) in [4.78, 5) is 4.06. The van der Waals surface area contributed by atoms with Crippen LogP contribution in [-0.4, -0.2) is 35.3 Å². The maximum Gasteiger partial charge on any atom is 0.328 e. The zero-order valence-electron chi connectivity index (χ0n) is 11.1. The van der Waals surface area contributed by atoms with Crippen LogP contribution in [-0.2, 0) is 16.4 Å². The van der Waals surface area contributed by atoms with Gasteiger partial charge in [0.25, 0.3) is 0 Å². The molecule has 0 aliphatic rings. The van der Waals surface area contributed by atoms with E-state index in [1.807, 2.05) is 45.5 Å². The molecule has 0 amide bonds. The van der Waals surface area contributed by atoms with E-state index in [2.05, 4.69) is 4.98 Å². The molecule has 0 aliphatic carbocycles. The van der Waals surface area contributed by atoms with Gasteiger partial charge in [0.1, 0.15) is 0 Å². The van der Waals surface area contributed by atoms with Crippen molar-refractivity contribution in [1.29, 1.82) is 0 Å². The minimum atomic E-state index is -0.355. The highest BCUT2D eigenvalue weighted by Crippen LogP contribution is 2.27. The number of ether oxygens (including phenoxy) is 1. The summed E-state index contributed by atoms with van der Waals surface area (Å²) in [5, 5.41) is 0. The number of methoxy groups -OCH3 is 1. The Morgan fingerprint density at radius 3 is 2.31 bits per heavy atom. The van der Waals surface area contributed by atoms with E-state index < -0.39 is 0 Å². The molecule has 0 aromatic carbocycles. The van der Waals surface area contributed by atoms with Gasteiger partial charge in [-0.15, -0.1) is 0 Å². The van der Waals surface area contributed by atoms with Gasteiger partial charge in [0.05, 0.1) is 17.5 Å². The summed E-state index contributed by atoms with van der Waals surface area (Å²) in [5.74, 6) is 0. The first-order chi connectivity index (χ1) is 7.30. The molecular formula is C11H21BN2O2. The van der Waals surface area contributed by atoms with E-state index in [1.165, 1.54) is 0 Å². The minimum absolute atomic E-state index is 0.328. The number of imidazole rings is 1. The summed E-state index contributed by atoms with van der Waals surface area (Å²) >= 11 is 0. The average molecular weight is 224 g/mol. The van der Waals surface area contributed by atoms with Gasteiger partial charge < -0.3 is 14.0 Å². The quantitative estimate of drug-likeness (QED) is 0.688. The summed E-state index contributed by atoms with van der Waals surface area (Å²) in [6.45, 7) is 8.12. The normalized spacial score (nSPS) is 12.9. The summed E-state index contributed by atoms with van der Waals surface area (Å²) in [6.07, 6.45) is 3.59. The van der Waals surface area contributed by atoms with Gasteiger partial charge in [-0.3, -0.25) is 0 Å². The van der Waals surface area contributed by atoms with Gasteiger partial charge in [-0.25, -0.2) is 4.98 Å². The molecule has 0 spiro atoms. The van der Waals surface area contributed by atoms with Crippen molar-refractivity contribution in [2.75, 3.05) is 7.11 Å². The zero-order chi connectivity index (χ0) is 12.4. The van der Waals surface area contributed by atoms with Crippen LogP contribution in [0, 0.1) is 0 Å². The van der Waals surface area contributed by atoms with Crippen LogP contribution >= 0.6 is 0 Å². The molecule has 16 heavy (non-hydrogen) atoms. The van der Waals surface area contributed by atoms with Crippen molar-refractivity contribution in [2.24, 2.45) is 7.05 Å². The summed E-state index contributed by atoms with van der Waals surface area (Å²) in [5.41, 5.74) is 0.373. The van der Waals surface area contributed by atoms with Crippen LogP contribution in [0.1, 0.15) is 27.7 Å². The summed E-state index contributed by atoms with van der Waals surface area (Å²) < 4.78 is 13.3. The summed E-state index contributed by atoms with van der Waals surface area (Å²) in [7, 11) is 4.20. The van der Waals surface area contributed by atoms with Crippen LogP contribution < -0.4 is 5.59 Å². The molecule has 0 saturated carbocycles. The molecule has 1 aromatic heterocycles. The topological polar surface area (TPSA) is 36.3 Å². The third-order valence-corrected chi connectivity index (χ3v) is 3.46. The molecular weight excluding hydrogens is 203 g/mol. The molecule has 1 rings (SSSR count). The Labute approximate surface area is 98.2 Å². The number of hydrogen-bond acceptors (Lipinski definition) is 3. The minimum Gasteiger partial charge on any atom is -0.425 e. The van der Waals surface area contributed by atoms with Crippen LogP contribution in [0.15, 0.2) is 12.5 Å². The predicted octanol–water partition coefficient (Wildman–Crippen LogP) is 0.617. The van der Waals surface area contributed by atoms with Crippen LogP contribution in [0.25, 0.3) is 0 Å². The first-order valence-electron chi connectivity index (χ1n) is 5.44. The zero-order valence-corrected chi connectivity index (χ0v) is 11.1. The lowest BCUT2D eigenvalue weighted by Gasteiger charge is -2.40. The Hall–Kier alpha value is -0.805. The molecule has 0 bridgehead atoms. The number of hydrogen-bond donors (Lipinski definition) is 0. The number of aryl methyl sites for hydroxylation is 1. The lowest BCUT2D eigenvalue weighted by Crippen LogP contribution is -2.51. The highest BCUT2D eigenvalue weighted by molar-refractivity contribution is 6.45. The molecule has 4 nitrogen and oxygen atoms in total. The second kappa shape index (κ2) is 4.59. The van der Waals surface area contributed by atoms with Crippen molar-refractivity contribution in [3.8, 4) is 0 Å². The second-order valence-corrected chi connectivity index (χ2v) is 5.01. The molecule has 0 unspecified atom stereocenters. The Morgan fingerprint density at radius 2 is 1.88 bits per heavy atom. The van der Waals surface area contributed by atoms with Gasteiger partial charge in [-0.2, -0.15) is 0 Å². The monoisotopic (exact) mass is 224 g/mol. The van der Waals surface area contributed by atoms with Crippen LogP contribution in [0.2, 0.25) is 0 Å². The van der Waals surface area contributed by atoms with Gasteiger partial charge in [-0.05, 0) is 27.7 Å². The lowest BCUT2D eigenvalue weighted by molar-refractivity contribution is -0.114. The summed E-state index contributed by atoms with van der Waals surface area (Å²) in [6, 6.07) is 0. The van der Waals surface area contributed by atoms with E-state index in [0.29, 0.717) is 7.48 Å². The second-order valence-electron chi connectivity index (χ2n) is 5.01. The van der Waals surface area contributed by atoms with Gasteiger partial charge in [0, 0.05) is 25.9 Å². The predicted molar refractivity (Wildman–Crippen MR) is 66.2 cm³/mol. The lowest BCUT2D eigenvalue weighted by atomic mass is 9.85. The molecule has 90 valence electrons. The van der Waals surface area contributed by atoms with Gasteiger partial charge >= 0.3 is 7.48 Å². The molecule has 0 aliphatic heterocycles. The van der Waals surface area contributed by atoms with E-state index in [4.69, 9.17) is 9.39 Å². The van der Waals surface area contributed by atoms with E-state index in [9.17, 15) is 0 Å².